The van der Waals surface area contributed by atoms with E-state index in [2.05, 4.69) is 10.6 Å². The molecule has 7 heteroatoms. The minimum absolute atomic E-state index is 0.0101. The molecule has 0 spiro atoms. The van der Waals surface area contributed by atoms with E-state index in [1.807, 2.05) is 26.0 Å². The van der Waals surface area contributed by atoms with Gasteiger partial charge in [0, 0.05) is 11.7 Å². The topological polar surface area (TPSA) is 53.2 Å². The highest BCUT2D eigenvalue weighted by atomic mass is 19.4. The molecule has 0 saturated carbocycles. The molecule has 4 nitrogen and oxygen atoms in total. The van der Waals surface area contributed by atoms with Crippen LogP contribution in [0.4, 0.5) is 23.7 Å². The molecule has 0 saturated heterocycles. The number of benzene rings is 1. The van der Waals surface area contributed by atoms with Crippen LogP contribution in [0.15, 0.2) is 24.3 Å². The second kappa shape index (κ2) is 7.87. The zero-order valence-corrected chi connectivity index (χ0v) is 12.1. The molecule has 0 aromatic heterocycles. The van der Waals surface area contributed by atoms with Crippen LogP contribution in [0.3, 0.4) is 0 Å². The third kappa shape index (κ3) is 6.48. The summed E-state index contributed by atoms with van der Waals surface area (Å²) in [7, 11) is 0. The van der Waals surface area contributed by atoms with Gasteiger partial charge >= 0.3 is 12.2 Å². The fourth-order valence-electron chi connectivity index (χ4n) is 1.81. The number of rotatable bonds is 6. The first-order valence-corrected chi connectivity index (χ1v) is 6.77. The molecule has 21 heavy (non-hydrogen) atoms. The Labute approximate surface area is 122 Å². The molecule has 2 amide bonds. The predicted molar refractivity (Wildman–Crippen MR) is 76.2 cm³/mol. The van der Waals surface area contributed by atoms with Crippen molar-refractivity contribution in [2.24, 2.45) is 0 Å². The molecule has 0 aliphatic carbocycles. The molecule has 1 aromatic rings. The maximum absolute atomic E-state index is 12.0. The van der Waals surface area contributed by atoms with Crippen LogP contribution in [0.1, 0.15) is 31.9 Å². The van der Waals surface area contributed by atoms with E-state index in [4.69, 9.17) is 0 Å². The van der Waals surface area contributed by atoms with E-state index < -0.39 is 18.8 Å². The highest BCUT2D eigenvalue weighted by Gasteiger charge is 2.27. The van der Waals surface area contributed by atoms with Crippen molar-refractivity contribution in [1.82, 2.24) is 10.6 Å². The van der Waals surface area contributed by atoms with Gasteiger partial charge in [0.15, 0.2) is 0 Å². The van der Waals surface area contributed by atoms with E-state index >= 15 is 0 Å². The average Bonchev–Trinajstić information content (AvgIpc) is 2.42. The van der Waals surface area contributed by atoms with Gasteiger partial charge in [-0.1, -0.05) is 25.1 Å². The zero-order chi connectivity index (χ0) is 15.9. The van der Waals surface area contributed by atoms with Crippen LogP contribution < -0.4 is 16.0 Å². The van der Waals surface area contributed by atoms with Crippen molar-refractivity contribution in [3.63, 3.8) is 0 Å². The minimum atomic E-state index is -4.42. The van der Waals surface area contributed by atoms with Gasteiger partial charge in [0.1, 0.15) is 6.54 Å². The normalized spacial score (nSPS) is 12.8. The van der Waals surface area contributed by atoms with E-state index in [0.29, 0.717) is 5.69 Å². The SMILES string of the molecule is CCCNC(C)c1ccccc1NC(=O)NCC(F)(F)F. The average molecular weight is 303 g/mol. The second-order valence-corrected chi connectivity index (χ2v) is 4.69. The molecular weight excluding hydrogens is 283 g/mol. The lowest BCUT2D eigenvalue weighted by molar-refractivity contribution is -0.122. The van der Waals surface area contributed by atoms with Crippen molar-refractivity contribution in [2.45, 2.75) is 32.5 Å². The Balaban J connectivity index is 2.68. The Kier molecular flexibility index (Phi) is 6.48. The van der Waals surface area contributed by atoms with Crippen molar-refractivity contribution >= 4 is 11.7 Å². The van der Waals surface area contributed by atoms with Crippen molar-refractivity contribution in [1.29, 1.82) is 0 Å². The lowest BCUT2D eigenvalue weighted by Gasteiger charge is -2.18. The Morgan fingerprint density at radius 2 is 1.95 bits per heavy atom. The van der Waals surface area contributed by atoms with E-state index in [1.165, 1.54) is 0 Å². The molecule has 0 aliphatic rings. The zero-order valence-electron chi connectivity index (χ0n) is 12.1. The monoisotopic (exact) mass is 303 g/mol. The Morgan fingerprint density at radius 3 is 2.57 bits per heavy atom. The predicted octanol–water partition coefficient (Wildman–Crippen LogP) is 3.43. The van der Waals surface area contributed by atoms with Gasteiger partial charge < -0.3 is 16.0 Å². The van der Waals surface area contributed by atoms with E-state index in [-0.39, 0.29) is 6.04 Å². The number of carbonyl (C=O) groups is 1. The molecular formula is C14H20F3N3O. The summed E-state index contributed by atoms with van der Waals surface area (Å²) in [6, 6.07) is 6.14. The molecule has 0 radical (unpaired) electrons. The van der Waals surface area contributed by atoms with Crippen LogP contribution in [0.2, 0.25) is 0 Å². The van der Waals surface area contributed by atoms with Crippen LogP contribution in [0.5, 0.6) is 0 Å². The first-order chi connectivity index (χ1) is 9.83. The third-order valence-corrected chi connectivity index (χ3v) is 2.83. The molecule has 0 aliphatic heterocycles. The number of para-hydroxylation sites is 1. The summed E-state index contributed by atoms with van der Waals surface area (Å²) in [5.41, 5.74) is 1.32. The maximum Gasteiger partial charge on any atom is 0.405 e. The summed E-state index contributed by atoms with van der Waals surface area (Å²) in [4.78, 5) is 11.5. The Bertz CT molecular complexity index is 463. The minimum Gasteiger partial charge on any atom is -0.329 e. The van der Waals surface area contributed by atoms with Gasteiger partial charge in [-0.25, -0.2) is 4.79 Å². The smallest absolute Gasteiger partial charge is 0.329 e. The lowest BCUT2D eigenvalue weighted by atomic mass is 10.1. The number of hydrogen-bond donors (Lipinski definition) is 3. The highest BCUT2D eigenvalue weighted by molar-refractivity contribution is 5.90. The highest BCUT2D eigenvalue weighted by Crippen LogP contribution is 2.22. The van der Waals surface area contributed by atoms with Crippen LogP contribution in [0.25, 0.3) is 0 Å². The molecule has 1 unspecified atom stereocenters. The molecule has 1 aromatic carbocycles. The quantitative estimate of drug-likeness (QED) is 0.754. The molecule has 1 atom stereocenters. The fourth-order valence-corrected chi connectivity index (χ4v) is 1.81. The first-order valence-electron chi connectivity index (χ1n) is 6.77. The van der Waals surface area contributed by atoms with Gasteiger partial charge in [0.05, 0.1) is 0 Å². The summed E-state index contributed by atoms with van der Waals surface area (Å²) in [5, 5.41) is 7.50. The van der Waals surface area contributed by atoms with E-state index in [9.17, 15) is 18.0 Å². The van der Waals surface area contributed by atoms with Crippen LogP contribution in [-0.4, -0.2) is 25.3 Å². The van der Waals surface area contributed by atoms with Crippen molar-refractivity contribution < 1.29 is 18.0 Å². The molecule has 0 heterocycles. The summed E-state index contributed by atoms with van der Waals surface area (Å²) in [6.45, 7) is 3.43. The van der Waals surface area contributed by atoms with Crippen LogP contribution in [-0.2, 0) is 0 Å². The largest absolute Gasteiger partial charge is 0.405 e. The molecule has 118 valence electrons. The molecule has 3 N–H and O–H groups in total. The van der Waals surface area contributed by atoms with Crippen molar-refractivity contribution in [3.8, 4) is 0 Å². The third-order valence-electron chi connectivity index (χ3n) is 2.83. The van der Waals surface area contributed by atoms with Gasteiger partial charge in [0.25, 0.3) is 0 Å². The maximum atomic E-state index is 12.0. The van der Waals surface area contributed by atoms with Crippen LogP contribution in [0, 0.1) is 0 Å². The standard InChI is InChI=1S/C14H20F3N3O/c1-3-8-18-10(2)11-6-4-5-7-12(11)20-13(21)19-9-14(15,16)17/h4-7,10,18H,3,8-9H2,1-2H3,(H2,19,20,21). The van der Waals surface area contributed by atoms with E-state index in [1.54, 1.807) is 17.4 Å². The number of hydrogen-bond acceptors (Lipinski definition) is 2. The van der Waals surface area contributed by atoms with Gasteiger partial charge in [0.2, 0.25) is 0 Å². The van der Waals surface area contributed by atoms with Gasteiger partial charge in [-0.3, -0.25) is 0 Å². The van der Waals surface area contributed by atoms with Crippen LogP contribution >= 0.6 is 0 Å². The summed E-state index contributed by atoms with van der Waals surface area (Å²) >= 11 is 0. The van der Waals surface area contributed by atoms with Gasteiger partial charge in [-0.15, -0.1) is 0 Å². The van der Waals surface area contributed by atoms with E-state index in [0.717, 1.165) is 18.5 Å². The fraction of sp³-hybridized carbons (Fsp3) is 0.500. The van der Waals surface area contributed by atoms with Crippen molar-refractivity contribution in [2.75, 3.05) is 18.4 Å². The molecule has 0 fully saturated rings. The number of alkyl halides is 3. The molecule has 0 bridgehead atoms. The number of urea groups is 1. The number of carbonyl (C=O) groups excluding carboxylic acids is 1. The number of anilines is 1. The Hall–Kier alpha value is -1.76. The second-order valence-electron chi connectivity index (χ2n) is 4.69. The Morgan fingerprint density at radius 1 is 1.29 bits per heavy atom. The molecule has 1 rings (SSSR count). The van der Waals surface area contributed by atoms with Gasteiger partial charge in [-0.2, -0.15) is 13.2 Å². The summed E-state index contributed by atoms with van der Waals surface area (Å²) in [5.74, 6) is 0. The van der Waals surface area contributed by atoms with Crippen molar-refractivity contribution in [3.05, 3.63) is 29.8 Å². The summed E-state index contributed by atoms with van der Waals surface area (Å²) in [6.07, 6.45) is -3.46. The number of halogens is 3. The lowest BCUT2D eigenvalue weighted by Crippen LogP contribution is -2.37. The van der Waals surface area contributed by atoms with Gasteiger partial charge in [-0.05, 0) is 31.5 Å². The summed E-state index contributed by atoms with van der Waals surface area (Å²) < 4.78 is 36.1. The number of nitrogens with one attached hydrogen (secondary N) is 3. The first kappa shape index (κ1) is 17.3. The number of amides is 2.